The summed E-state index contributed by atoms with van der Waals surface area (Å²) in [6.07, 6.45) is 1.44. The molecule has 1 fully saturated rings. The Balaban J connectivity index is 1.73. The summed E-state index contributed by atoms with van der Waals surface area (Å²) in [4.78, 5) is 48.9. The molecule has 3 rings (SSSR count). The van der Waals surface area contributed by atoms with Gasteiger partial charge in [-0.3, -0.25) is 19.3 Å². The number of nitrogens with zero attached hydrogens (tertiary/aromatic N) is 1. The number of aliphatic carboxylic acids is 1. The first-order valence-corrected chi connectivity index (χ1v) is 10.2. The molecular weight excluding hydrogens is 476 g/mol. The van der Waals surface area contributed by atoms with Crippen molar-refractivity contribution in [3.63, 3.8) is 0 Å². The number of benzene rings is 2. The van der Waals surface area contributed by atoms with E-state index in [0.29, 0.717) is 27.5 Å². The van der Waals surface area contributed by atoms with Gasteiger partial charge in [-0.15, -0.1) is 0 Å². The second kappa shape index (κ2) is 9.59. The minimum Gasteiger partial charge on any atom is -0.481 e. The molecule has 0 atom stereocenters. The molecule has 3 amide bonds. The fourth-order valence-corrected chi connectivity index (χ4v) is 3.76. The highest BCUT2D eigenvalue weighted by Gasteiger charge is 2.36. The van der Waals surface area contributed by atoms with Gasteiger partial charge in [-0.05, 0) is 52.0 Å². The number of carboxylic acids is 1. The van der Waals surface area contributed by atoms with Gasteiger partial charge in [0.2, 0.25) is 5.91 Å². The lowest BCUT2D eigenvalue weighted by Crippen LogP contribution is -2.36. The molecule has 0 saturated carbocycles. The van der Waals surface area contributed by atoms with E-state index >= 15 is 0 Å². The fraction of sp³-hybridized carbons (Fsp3) is 0.100. The van der Waals surface area contributed by atoms with E-state index in [1.54, 1.807) is 48.5 Å². The van der Waals surface area contributed by atoms with Crippen molar-refractivity contribution in [2.45, 2.75) is 0 Å². The molecule has 1 aliphatic rings. The van der Waals surface area contributed by atoms with Crippen molar-refractivity contribution in [1.82, 2.24) is 4.90 Å². The van der Waals surface area contributed by atoms with Gasteiger partial charge in [0.1, 0.15) is 12.3 Å². The van der Waals surface area contributed by atoms with Crippen LogP contribution in [-0.4, -0.2) is 46.2 Å². The first-order valence-electron chi connectivity index (χ1n) is 8.58. The number of hydrogen-bond acceptors (Lipinski definition) is 6. The summed E-state index contributed by atoms with van der Waals surface area (Å²) < 4.78 is 5.88. The van der Waals surface area contributed by atoms with Crippen LogP contribution in [0.2, 0.25) is 0 Å². The summed E-state index contributed by atoms with van der Waals surface area (Å²) in [6, 6.07) is 13.5. The molecule has 0 aromatic heterocycles. The number of carbonyl (C=O) groups excluding carboxylic acids is 3. The molecule has 2 aromatic rings. The number of carboxylic acid groups (broad SMARTS) is 1. The lowest BCUT2D eigenvalue weighted by atomic mass is 10.2. The normalized spacial score (nSPS) is 14.8. The molecular formula is C20H15BrN2O6S. The van der Waals surface area contributed by atoms with Gasteiger partial charge in [0.25, 0.3) is 11.1 Å². The average molecular weight is 491 g/mol. The maximum Gasteiger partial charge on any atom is 0.341 e. The van der Waals surface area contributed by atoms with Crippen LogP contribution in [0.5, 0.6) is 5.75 Å². The third kappa shape index (κ3) is 5.28. The van der Waals surface area contributed by atoms with Gasteiger partial charge in [0.15, 0.2) is 6.61 Å². The number of amides is 3. The number of anilines is 1. The standard InChI is InChI=1S/C20H15BrN2O6S/c21-13-6-2-3-7-14(13)22-17(24)10-23-19(27)16(30-20(23)28)9-12-5-1-4-8-15(12)29-11-18(25)26/h1-9H,10-11H2,(H,22,24)(H,25,26)/b16-9+. The molecule has 8 nitrogen and oxygen atoms in total. The van der Waals surface area contributed by atoms with Crippen molar-refractivity contribution in [1.29, 1.82) is 0 Å². The molecule has 0 bridgehead atoms. The number of nitrogens with one attached hydrogen (secondary N) is 1. The first kappa shape index (κ1) is 21.6. The van der Waals surface area contributed by atoms with Gasteiger partial charge < -0.3 is 15.2 Å². The Morgan fingerprint density at radius 2 is 1.83 bits per heavy atom. The number of para-hydroxylation sites is 2. The highest BCUT2D eigenvalue weighted by Crippen LogP contribution is 2.34. The Bertz CT molecular complexity index is 1060. The maximum atomic E-state index is 12.6. The molecule has 10 heteroatoms. The number of imide groups is 1. The third-order valence-electron chi connectivity index (χ3n) is 3.88. The highest BCUT2D eigenvalue weighted by atomic mass is 79.9. The molecule has 0 spiro atoms. The zero-order valence-corrected chi connectivity index (χ0v) is 17.7. The molecule has 0 unspecified atom stereocenters. The second-order valence-electron chi connectivity index (χ2n) is 6.02. The average Bonchev–Trinajstić information content (AvgIpc) is 2.96. The van der Waals surface area contributed by atoms with E-state index in [4.69, 9.17) is 9.84 Å². The van der Waals surface area contributed by atoms with E-state index < -0.39 is 36.2 Å². The fourth-order valence-electron chi connectivity index (χ4n) is 2.54. The van der Waals surface area contributed by atoms with Crippen LogP contribution in [0.15, 0.2) is 57.9 Å². The molecule has 0 aliphatic carbocycles. The Kier molecular flexibility index (Phi) is 6.91. The predicted octanol–water partition coefficient (Wildman–Crippen LogP) is 3.59. The van der Waals surface area contributed by atoms with Crippen LogP contribution in [0.4, 0.5) is 10.5 Å². The first-order chi connectivity index (χ1) is 14.3. The number of thioether (sulfide) groups is 1. The summed E-state index contributed by atoms with van der Waals surface area (Å²) in [6.45, 7) is -0.970. The molecule has 154 valence electrons. The van der Waals surface area contributed by atoms with E-state index in [0.717, 1.165) is 4.90 Å². The zero-order chi connectivity index (χ0) is 21.7. The summed E-state index contributed by atoms with van der Waals surface area (Å²) in [5.74, 6) is -2.00. The number of ether oxygens (including phenoxy) is 1. The number of halogens is 1. The maximum absolute atomic E-state index is 12.6. The number of carbonyl (C=O) groups is 4. The van der Waals surface area contributed by atoms with Gasteiger partial charge in [-0.2, -0.15) is 0 Å². The smallest absolute Gasteiger partial charge is 0.341 e. The van der Waals surface area contributed by atoms with Crippen molar-refractivity contribution in [3.8, 4) is 5.75 Å². The summed E-state index contributed by atoms with van der Waals surface area (Å²) >= 11 is 4.01. The monoisotopic (exact) mass is 490 g/mol. The summed E-state index contributed by atoms with van der Waals surface area (Å²) in [5.41, 5.74) is 0.969. The minimum atomic E-state index is -1.14. The number of rotatable bonds is 7. The quantitative estimate of drug-likeness (QED) is 0.570. The van der Waals surface area contributed by atoms with Gasteiger partial charge in [0.05, 0.1) is 10.6 Å². The van der Waals surface area contributed by atoms with Gasteiger partial charge >= 0.3 is 5.97 Å². The van der Waals surface area contributed by atoms with E-state index in [2.05, 4.69) is 21.2 Å². The van der Waals surface area contributed by atoms with E-state index in [1.807, 2.05) is 0 Å². The van der Waals surface area contributed by atoms with Crippen LogP contribution in [0.25, 0.3) is 6.08 Å². The van der Waals surface area contributed by atoms with E-state index in [-0.39, 0.29) is 10.7 Å². The molecule has 1 aliphatic heterocycles. The molecule has 2 aromatic carbocycles. The summed E-state index contributed by atoms with van der Waals surface area (Å²) in [5, 5.41) is 10.8. The SMILES string of the molecule is O=C(O)COc1ccccc1/C=C1/SC(=O)N(CC(=O)Nc2ccccc2Br)C1=O. The van der Waals surface area contributed by atoms with Crippen LogP contribution in [0.3, 0.4) is 0 Å². The van der Waals surface area contributed by atoms with E-state index in [1.165, 1.54) is 6.08 Å². The Hall–Kier alpha value is -3.11. The van der Waals surface area contributed by atoms with Crippen molar-refractivity contribution >= 4 is 62.5 Å². The van der Waals surface area contributed by atoms with Crippen LogP contribution < -0.4 is 10.1 Å². The molecule has 1 heterocycles. The zero-order valence-electron chi connectivity index (χ0n) is 15.3. The predicted molar refractivity (Wildman–Crippen MR) is 115 cm³/mol. The van der Waals surface area contributed by atoms with Crippen molar-refractivity contribution in [3.05, 3.63) is 63.5 Å². The lowest BCUT2D eigenvalue weighted by Gasteiger charge is -2.13. The third-order valence-corrected chi connectivity index (χ3v) is 5.48. The molecule has 30 heavy (non-hydrogen) atoms. The van der Waals surface area contributed by atoms with E-state index in [9.17, 15) is 19.2 Å². The van der Waals surface area contributed by atoms with Crippen LogP contribution >= 0.6 is 27.7 Å². The van der Waals surface area contributed by atoms with Gasteiger partial charge in [-0.25, -0.2) is 4.79 Å². The highest BCUT2D eigenvalue weighted by molar-refractivity contribution is 9.10. The summed E-state index contributed by atoms with van der Waals surface area (Å²) in [7, 11) is 0. The van der Waals surface area contributed by atoms with Crippen molar-refractivity contribution in [2.24, 2.45) is 0 Å². The minimum absolute atomic E-state index is 0.111. The Morgan fingerprint density at radius 3 is 2.57 bits per heavy atom. The Morgan fingerprint density at radius 1 is 1.13 bits per heavy atom. The van der Waals surface area contributed by atoms with Crippen LogP contribution in [0, 0.1) is 0 Å². The number of hydrogen-bond donors (Lipinski definition) is 2. The molecule has 2 N–H and O–H groups in total. The largest absolute Gasteiger partial charge is 0.481 e. The molecule has 0 radical (unpaired) electrons. The van der Waals surface area contributed by atoms with Crippen molar-refractivity contribution in [2.75, 3.05) is 18.5 Å². The second-order valence-corrected chi connectivity index (χ2v) is 7.86. The lowest BCUT2D eigenvalue weighted by molar-refractivity contribution is -0.139. The topological polar surface area (TPSA) is 113 Å². The Labute approximate surface area is 184 Å². The van der Waals surface area contributed by atoms with Crippen LogP contribution in [-0.2, 0) is 14.4 Å². The van der Waals surface area contributed by atoms with Gasteiger partial charge in [-0.1, -0.05) is 30.3 Å². The van der Waals surface area contributed by atoms with Crippen molar-refractivity contribution < 1.29 is 29.0 Å². The van der Waals surface area contributed by atoms with Crippen LogP contribution in [0.1, 0.15) is 5.56 Å². The molecule has 1 saturated heterocycles. The van der Waals surface area contributed by atoms with Gasteiger partial charge in [0, 0.05) is 10.0 Å².